The number of methoxy groups -OCH3 is 1. The van der Waals surface area contributed by atoms with Crippen molar-refractivity contribution in [2.45, 2.75) is 26.3 Å². The molecule has 1 N–H and O–H groups in total. The van der Waals surface area contributed by atoms with Crippen LogP contribution in [0.5, 0.6) is 5.88 Å². The van der Waals surface area contributed by atoms with Crippen molar-refractivity contribution >= 4 is 29.9 Å². The summed E-state index contributed by atoms with van der Waals surface area (Å²) in [6.07, 6.45) is 4.05. The van der Waals surface area contributed by atoms with Crippen LogP contribution in [0.1, 0.15) is 25.3 Å². The monoisotopic (exact) mass is 436 g/mol. The molecule has 0 amide bonds. The Hall–Kier alpha value is -1.09. The summed E-state index contributed by atoms with van der Waals surface area (Å²) < 4.78 is 10.6. The van der Waals surface area contributed by atoms with Gasteiger partial charge < -0.3 is 19.7 Å². The number of unbranched alkanes of at least 4 members (excludes halogenated alkanes) is 1. The highest BCUT2D eigenvalue weighted by molar-refractivity contribution is 14.0. The van der Waals surface area contributed by atoms with Gasteiger partial charge in [0.2, 0.25) is 5.88 Å². The predicted molar refractivity (Wildman–Crippen MR) is 105 cm³/mol. The summed E-state index contributed by atoms with van der Waals surface area (Å²) in [5.41, 5.74) is 1.00. The molecule has 0 aliphatic rings. The third-order valence-electron chi connectivity index (χ3n) is 3.23. The van der Waals surface area contributed by atoms with Crippen LogP contribution in [0, 0.1) is 0 Å². The molecule has 6 nitrogen and oxygen atoms in total. The molecule has 0 saturated carbocycles. The van der Waals surface area contributed by atoms with E-state index in [4.69, 9.17) is 9.47 Å². The van der Waals surface area contributed by atoms with E-state index < -0.39 is 0 Å². The van der Waals surface area contributed by atoms with Gasteiger partial charge in [0.05, 0.1) is 6.61 Å². The van der Waals surface area contributed by atoms with Crippen molar-refractivity contribution in [1.82, 2.24) is 15.2 Å². The van der Waals surface area contributed by atoms with E-state index >= 15 is 0 Å². The lowest BCUT2D eigenvalue weighted by atomic mass is 10.2. The minimum atomic E-state index is 0. The standard InChI is InChI=1S/C16H28N4O2.HI/c1-5-6-10-20(3)16(17-2)19-13-14-8-7-9-18-15(14)22-12-11-21-4;/h7-9H,5-6,10-13H2,1-4H3,(H,17,19);1H. The summed E-state index contributed by atoms with van der Waals surface area (Å²) in [4.78, 5) is 10.7. The molecule has 7 heteroatoms. The first-order valence-electron chi connectivity index (χ1n) is 7.70. The smallest absolute Gasteiger partial charge is 0.218 e. The molecule has 132 valence electrons. The SMILES string of the molecule is CCCCN(C)C(=NC)NCc1cccnc1OCCOC.I. The number of rotatable bonds is 9. The van der Waals surface area contributed by atoms with Crippen LogP contribution in [0.2, 0.25) is 0 Å². The fraction of sp³-hybridized carbons (Fsp3) is 0.625. The van der Waals surface area contributed by atoms with Crippen LogP contribution in [0.15, 0.2) is 23.3 Å². The van der Waals surface area contributed by atoms with Gasteiger partial charge in [-0.25, -0.2) is 4.98 Å². The molecule has 0 saturated heterocycles. The van der Waals surface area contributed by atoms with Crippen molar-refractivity contribution in [2.75, 3.05) is 41.0 Å². The average Bonchev–Trinajstić information content (AvgIpc) is 2.55. The van der Waals surface area contributed by atoms with Crippen LogP contribution in [0.3, 0.4) is 0 Å². The molecule has 1 heterocycles. The molecule has 0 aliphatic heterocycles. The lowest BCUT2D eigenvalue weighted by Crippen LogP contribution is -2.39. The molecule has 1 aromatic rings. The average molecular weight is 436 g/mol. The fourth-order valence-electron chi connectivity index (χ4n) is 1.97. The Kier molecular flexibility index (Phi) is 12.7. The second kappa shape index (κ2) is 13.4. The predicted octanol–water partition coefficient (Wildman–Crippen LogP) is 2.53. The lowest BCUT2D eigenvalue weighted by Gasteiger charge is -2.22. The molecule has 1 rings (SSSR count). The zero-order chi connectivity index (χ0) is 16.2. The highest BCUT2D eigenvalue weighted by atomic mass is 127. The molecule has 0 atom stereocenters. The molecule has 0 aromatic carbocycles. The summed E-state index contributed by atoms with van der Waals surface area (Å²) in [6, 6.07) is 3.91. The van der Waals surface area contributed by atoms with Crippen molar-refractivity contribution in [3.05, 3.63) is 23.9 Å². The minimum Gasteiger partial charge on any atom is -0.475 e. The first kappa shape index (κ1) is 21.9. The molecule has 0 bridgehead atoms. The van der Waals surface area contributed by atoms with Gasteiger partial charge in [-0.2, -0.15) is 0 Å². The van der Waals surface area contributed by atoms with Crippen LogP contribution in [0.25, 0.3) is 0 Å². The number of pyridine rings is 1. The Morgan fingerprint density at radius 2 is 2.17 bits per heavy atom. The van der Waals surface area contributed by atoms with Crippen LogP contribution in [0.4, 0.5) is 0 Å². The molecule has 0 aliphatic carbocycles. The second-order valence-electron chi connectivity index (χ2n) is 4.98. The summed E-state index contributed by atoms with van der Waals surface area (Å²) in [5, 5.41) is 3.35. The quantitative estimate of drug-likeness (QED) is 0.279. The normalized spacial score (nSPS) is 10.9. The minimum absolute atomic E-state index is 0. The maximum absolute atomic E-state index is 5.64. The Morgan fingerprint density at radius 1 is 1.39 bits per heavy atom. The zero-order valence-corrected chi connectivity index (χ0v) is 16.9. The van der Waals surface area contributed by atoms with E-state index in [-0.39, 0.29) is 24.0 Å². The second-order valence-corrected chi connectivity index (χ2v) is 4.98. The van der Waals surface area contributed by atoms with Crippen molar-refractivity contribution in [3.8, 4) is 5.88 Å². The maximum Gasteiger partial charge on any atom is 0.218 e. The number of halogens is 1. The summed E-state index contributed by atoms with van der Waals surface area (Å²) in [5.74, 6) is 1.51. The van der Waals surface area contributed by atoms with E-state index in [0.29, 0.717) is 25.6 Å². The number of nitrogens with one attached hydrogen (secondary N) is 1. The highest BCUT2D eigenvalue weighted by Gasteiger charge is 2.08. The number of hydrogen-bond donors (Lipinski definition) is 1. The zero-order valence-electron chi connectivity index (χ0n) is 14.5. The summed E-state index contributed by atoms with van der Waals surface area (Å²) in [7, 11) is 5.49. The molecule has 0 spiro atoms. The van der Waals surface area contributed by atoms with Gasteiger partial charge in [-0.3, -0.25) is 4.99 Å². The van der Waals surface area contributed by atoms with E-state index in [0.717, 1.165) is 24.5 Å². The van der Waals surface area contributed by atoms with Gasteiger partial charge >= 0.3 is 0 Å². The maximum atomic E-state index is 5.64. The van der Waals surface area contributed by atoms with Gasteiger partial charge in [-0.05, 0) is 12.5 Å². The third-order valence-corrected chi connectivity index (χ3v) is 3.23. The molecule has 23 heavy (non-hydrogen) atoms. The summed E-state index contributed by atoms with van der Waals surface area (Å²) in [6.45, 7) is 4.83. The Balaban J connectivity index is 0.00000484. The van der Waals surface area contributed by atoms with E-state index in [9.17, 15) is 0 Å². The molecular weight excluding hydrogens is 407 g/mol. The fourth-order valence-corrected chi connectivity index (χ4v) is 1.97. The Bertz CT molecular complexity index is 457. The first-order chi connectivity index (χ1) is 10.7. The van der Waals surface area contributed by atoms with Gasteiger partial charge in [0, 0.05) is 46.1 Å². The van der Waals surface area contributed by atoms with Crippen molar-refractivity contribution in [2.24, 2.45) is 4.99 Å². The van der Waals surface area contributed by atoms with Crippen molar-refractivity contribution < 1.29 is 9.47 Å². The molecule has 1 aromatic heterocycles. The number of guanidine groups is 1. The molecule has 0 radical (unpaired) electrons. The number of aromatic nitrogens is 1. The lowest BCUT2D eigenvalue weighted by molar-refractivity contribution is 0.143. The van der Waals surface area contributed by atoms with E-state index in [2.05, 4.69) is 27.1 Å². The summed E-state index contributed by atoms with van der Waals surface area (Å²) >= 11 is 0. The van der Waals surface area contributed by atoms with Gasteiger partial charge in [0.1, 0.15) is 6.61 Å². The van der Waals surface area contributed by atoms with Crippen molar-refractivity contribution in [3.63, 3.8) is 0 Å². The molecular formula is C16H29IN4O2. The van der Waals surface area contributed by atoms with E-state index in [1.807, 2.05) is 19.2 Å². The first-order valence-corrected chi connectivity index (χ1v) is 7.70. The molecule has 0 unspecified atom stereocenters. The Morgan fingerprint density at radius 3 is 2.83 bits per heavy atom. The number of aliphatic imine (C=N–C) groups is 1. The topological polar surface area (TPSA) is 59.0 Å². The van der Waals surface area contributed by atoms with Crippen LogP contribution >= 0.6 is 24.0 Å². The van der Waals surface area contributed by atoms with Crippen LogP contribution < -0.4 is 10.1 Å². The number of nitrogens with zero attached hydrogens (tertiary/aromatic N) is 3. The van der Waals surface area contributed by atoms with Gasteiger partial charge in [0.25, 0.3) is 0 Å². The largest absolute Gasteiger partial charge is 0.475 e. The van der Waals surface area contributed by atoms with Gasteiger partial charge in [-0.1, -0.05) is 19.4 Å². The number of hydrogen-bond acceptors (Lipinski definition) is 4. The third kappa shape index (κ3) is 8.36. The van der Waals surface area contributed by atoms with E-state index in [1.165, 1.54) is 6.42 Å². The van der Waals surface area contributed by atoms with Gasteiger partial charge in [0.15, 0.2) is 5.96 Å². The van der Waals surface area contributed by atoms with Crippen molar-refractivity contribution in [1.29, 1.82) is 0 Å². The number of ether oxygens (including phenoxy) is 2. The highest BCUT2D eigenvalue weighted by Crippen LogP contribution is 2.14. The van der Waals surface area contributed by atoms with Crippen LogP contribution in [-0.2, 0) is 11.3 Å². The van der Waals surface area contributed by atoms with Gasteiger partial charge in [-0.15, -0.1) is 24.0 Å². The van der Waals surface area contributed by atoms with Crippen LogP contribution in [-0.4, -0.2) is 56.8 Å². The Labute approximate surface area is 156 Å². The van der Waals surface area contributed by atoms with E-state index in [1.54, 1.807) is 20.4 Å². The molecule has 0 fully saturated rings.